The van der Waals surface area contributed by atoms with Crippen LogP contribution < -0.4 is 5.73 Å². The van der Waals surface area contributed by atoms with Crippen molar-refractivity contribution in [1.82, 2.24) is 15.0 Å². The van der Waals surface area contributed by atoms with Crippen LogP contribution in [0.15, 0.2) is 0 Å². The Morgan fingerprint density at radius 3 is 2.86 bits per heavy atom. The molecule has 1 aromatic rings. The second-order valence-electron chi connectivity index (χ2n) is 3.41. The Balaban J connectivity index is 2.36. The second kappa shape index (κ2) is 3.38. The molecule has 0 aliphatic heterocycles. The van der Waals surface area contributed by atoms with Gasteiger partial charge in [0, 0.05) is 12.5 Å². The lowest BCUT2D eigenvalue weighted by molar-refractivity contribution is 0.0689. The molecule has 0 saturated heterocycles. The summed E-state index contributed by atoms with van der Waals surface area (Å²) in [5, 5.41) is 16.3. The molecular weight excluding hydrogens is 184 g/mol. The first-order chi connectivity index (χ1) is 6.74. The van der Waals surface area contributed by atoms with E-state index in [-0.39, 0.29) is 5.69 Å². The number of nitrogens with zero attached hydrogens (tertiary/aromatic N) is 3. The summed E-state index contributed by atoms with van der Waals surface area (Å²) in [7, 11) is 0. The number of hydrogen-bond acceptors (Lipinski definition) is 4. The zero-order chi connectivity index (χ0) is 10.1. The third-order valence-electron chi connectivity index (χ3n) is 2.28. The van der Waals surface area contributed by atoms with Crippen LogP contribution in [0.2, 0.25) is 0 Å². The average Bonchev–Trinajstić information content (AvgIpc) is 2.88. The van der Waals surface area contributed by atoms with Gasteiger partial charge in [0.15, 0.2) is 5.69 Å². The molecule has 2 rings (SSSR count). The van der Waals surface area contributed by atoms with Crippen molar-refractivity contribution in [1.29, 1.82) is 0 Å². The monoisotopic (exact) mass is 196 g/mol. The maximum atomic E-state index is 10.8. The van der Waals surface area contributed by atoms with Gasteiger partial charge in [-0.25, -0.2) is 9.48 Å². The Kier molecular flexibility index (Phi) is 2.20. The van der Waals surface area contributed by atoms with E-state index in [1.807, 2.05) is 0 Å². The number of carbonyl (C=O) groups is 1. The van der Waals surface area contributed by atoms with Crippen LogP contribution in [-0.4, -0.2) is 32.6 Å². The molecule has 1 aromatic heterocycles. The Hall–Kier alpha value is -1.43. The van der Waals surface area contributed by atoms with Crippen LogP contribution in [0.25, 0.3) is 0 Å². The maximum Gasteiger partial charge on any atom is 0.358 e. The van der Waals surface area contributed by atoms with Gasteiger partial charge in [-0.3, -0.25) is 0 Å². The van der Waals surface area contributed by atoms with Crippen LogP contribution in [0.5, 0.6) is 0 Å². The Labute approximate surface area is 80.7 Å². The topological polar surface area (TPSA) is 94.0 Å². The minimum Gasteiger partial charge on any atom is -0.476 e. The second-order valence-corrected chi connectivity index (χ2v) is 3.41. The Morgan fingerprint density at radius 2 is 2.36 bits per heavy atom. The molecular formula is C8H12N4O2. The molecule has 14 heavy (non-hydrogen) atoms. The molecule has 6 heteroatoms. The van der Waals surface area contributed by atoms with E-state index in [1.54, 1.807) is 4.68 Å². The van der Waals surface area contributed by atoms with Crippen LogP contribution in [0.1, 0.15) is 34.9 Å². The fourth-order valence-electron chi connectivity index (χ4n) is 1.52. The van der Waals surface area contributed by atoms with Gasteiger partial charge >= 0.3 is 5.97 Å². The zero-order valence-electron chi connectivity index (χ0n) is 7.68. The summed E-state index contributed by atoms with van der Waals surface area (Å²) in [6.45, 7) is 0.980. The first kappa shape index (κ1) is 9.14. The smallest absolute Gasteiger partial charge is 0.358 e. The fraction of sp³-hybridized carbons (Fsp3) is 0.625. The minimum atomic E-state index is -1.00. The highest BCUT2D eigenvalue weighted by atomic mass is 16.4. The molecule has 0 spiro atoms. The summed E-state index contributed by atoms with van der Waals surface area (Å²) < 4.78 is 1.61. The molecule has 3 N–H and O–H groups in total. The van der Waals surface area contributed by atoms with E-state index < -0.39 is 5.97 Å². The number of rotatable bonds is 4. The first-order valence-corrected chi connectivity index (χ1v) is 4.60. The highest BCUT2D eigenvalue weighted by Crippen LogP contribution is 2.41. The lowest BCUT2D eigenvalue weighted by Gasteiger charge is -2.02. The van der Waals surface area contributed by atoms with E-state index in [1.165, 1.54) is 0 Å². The van der Waals surface area contributed by atoms with Crippen LogP contribution in [-0.2, 0) is 6.54 Å². The Bertz CT molecular complexity index is 356. The van der Waals surface area contributed by atoms with Crippen LogP contribution in [0.4, 0.5) is 0 Å². The van der Waals surface area contributed by atoms with E-state index in [0.717, 1.165) is 18.5 Å². The number of aromatic nitrogens is 3. The molecule has 1 saturated carbocycles. The van der Waals surface area contributed by atoms with E-state index in [9.17, 15) is 4.79 Å². The summed E-state index contributed by atoms with van der Waals surface area (Å²) >= 11 is 0. The quantitative estimate of drug-likeness (QED) is 0.696. The molecule has 0 bridgehead atoms. The van der Waals surface area contributed by atoms with Crippen molar-refractivity contribution in [3.05, 3.63) is 11.4 Å². The van der Waals surface area contributed by atoms with Gasteiger partial charge in [0.05, 0.1) is 12.2 Å². The van der Waals surface area contributed by atoms with Crippen molar-refractivity contribution in [2.45, 2.75) is 25.3 Å². The predicted octanol–water partition coefficient (Wildman–Crippen LogP) is -0.188. The Morgan fingerprint density at radius 1 is 1.64 bits per heavy atom. The molecule has 0 atom stereocenters. The summed E-state index contributed by atoms with van der Waals surface area (Å²) in [6, 6.07) is 0. The van der Waals surface area contributed by atoms with E-state index >= 15 is 0 Å². The SMILES string of the molecule is NCCn1nnc(C(=O)O)c1C1CC1. The van der Waals surface area contributed by atoms with Gasteiger partial charge in [-0.1, -0.05) is 5.21 Å². The molecule has 1 heterocycles. The highest BCUT2D eigenvalue weighted by Gasteiger charge is 2.33. The lowest BCUT2D eigenvalue weighted by atomic mass is 10.2. The van der Waals surface area contributed by atoms with Crippen LogP contribution in [0.3, 0.4) is 0 Å². The van der Waals surface area contributed by atoms with Crippen LogP contribution in [0, 0.1) is 0 Å². The number of hydrogen-bond donors (Lipinski definition) is 2. The van der Waals surface area contributed by atoms with Gasteiger partial charge in [0.1, 0.15) is 0 Å². The van der Waals surface area contributed by atoms with E-state index in [2.05, 4.69) is 10.3 Å². The fourth-order valence-corrected chi connectivity index (χ4v) is 1.52. The maximum absolute atomic E-state index is 10.8. The summed E-state index contributed by atoms with van der Waals surface area (Å²) in [5.41, 5.74) is 6.22. The molecule has 0 aromatic carbocycles. The van der Waals surface area contributed by atoms with Gasteiger partial charge in [-0.05, 0) is 12.8 Å². The van der Waals surface area contributed by atoms with Crippen molar-refractivity contribution < 1.29 is 9.90 Å². The van der Waals surface area contributed by atoms with E-state index in [4.69, 9.17) is 10.8 Å². The standard InChI is InChI=1S/C8H12N4O2/c9-3-4-12-7(5-1-2-5)6(8(13)14)10-11-12/h5H,1-4,9H2,(H,13,14). The van der Waals surface area contributed by atoms with Crippen molar-refractivity contribution in [2.75, 3.05) is 6.54 Å². The molecule has 0 amide bonds. The predicted molar refractivity (Wildman–Crippen MR) is 48.0 cm³/mol. The third-order valence-corrected chi connectivity index (χ3v) is 2.28. The van der Waals surface area contributed by atoms with Gasteiger partial charge in [-0.2, -0.15) is 0 Å². The van der Waals surface area contributed by atoms with Gasteiger partial charge in [-0.15, -0.1) is 5.10 Å². The highest BCUT2D eigenvalue weighted by molar-refractivity contribution is 5.86. The third kappa shape index (κ3) is 1.48. The number of nitrogens with two attached hydrogens (primary N) is 1. The number of carboxylic acids is 1. The first-order valence-electron chi connectivity index (χ1n) is 4.60. The molecule has 1 aliphatic rings. The lowest BCUT2D eigenvalue weighted by Crippen LogP contribution is -2.14. The van der Waals surface area contributed by atoms with Gasteiger partial charge in [0.2, 0.25) is 0 Å². The number of aromatic carboxylic acids is 1. The van der Waals surface area contributed by atoms with Crippen molar-refractivity contribution >= 4 is 5.97 Å². The molecule has 0 radical (unpaired) electrons. The molecule has 0 unspecified atom stereocenters. The normalized spacial score (nSPS) is 15.8. The minimum absolute atomic E-state index is 0.0842. The summed E-state index contributed by atoms with van der Waals surface area (Å²) in [6.07, 6.45) is 2.05. The molecule has 1 aliphatic carbocycles. The number of carboxylic acid groups (broad SMARTS) is 1. The van der Waals surface area contributed by atoms with Crippen molar-refractivity contribution in [3.8, 4) is 0 Å². The van der Waals surface area contributed by atoms with Gasteiger partial charge < -0.3 is 10.8 Å². The van der Waals surface area contributed by atoms with Crippen molar-refractivity contribution in [3.63, 3.8) is 0 Å². The van der Waals surface area contributed by atoms with Gasteiger partial charge in [0.25, 0.3) is 0 Å². The summed E-state index contributed by atoms with van der Waals surface area (Å²) in [5.74, 6) is -0.683. The molecule has 6 nitrogen and oxygen atoms in total. The largest absolute Gasteiger partial charge is 0.476 e. The van der Waals surface area contributed by atoms with Crippen LogP contribution >= 0.6 is 0 Å². The molecule has 1 fully saturated rings. The molecule has 76 valence electrons. The average molecular weight is 196 g/mol. The van der Waals surface area contributed by atoms with E-state index in [0.29, 0.717) is 19.0 Å². The summed E-state index contributed by atoms with van der Waals surface area (Å²) in [4.78, 5) is 10.8. The van der Waals surface area contributed by atoms with Crippen molar-refractivity contribution in [2.24, 2.45) is 5.73 Å². The zero-order valence-corrected chi connectivity index (χ0v) is 7.68.